The summed E-state index contributed by atoms with van der Waals surface area (Å²) in [6, 6.07) is 0. The smallest absolute Gasteiger partial charge is 0.216 e. The number of aromatic nitrogens is 1. The molecule has 1 fully saturated rings. The van der Waals surface area contributed by atoms with E-state index < -0.39 is 5.60 Å². The van der Waals surface area contributed by atoms with Gasteiger partial charge in [0.15, 0.2) is 5.96 Å². The van der Waals surface area contributed by atoms with Crippen molar-refractivity contribution in [3.8, 4) is 0 Å². The molecule has 21 heavy (non-hydrogen) atoms. The van der Waals surface area contributed by atoms with Crippen LogP contribution in [0.15, 0.2) is 9.41 Å². The molecule has 0 spiro atoms. The van der Waals surface area contributed by atoms with Gasteiger partial charge in [-0.05, 0) is 32.9 Å². The Morgan fingerprint density at radius 3 is 2.86 bits per heavy atom. The summed E-state index contributed by atoms with van der Waals surface area (Å²) in [5, 5.41) is 16.7. The lowest BCUT2D eigenvalue weighted by Gasteiger charge is -2.23. The van der Waals surface area contributed by atoms with Crippen LogP contribution in [0.5, 0.6) is 0 Å². The van der Waals surface area contributed by atoms with Crippen molar-refractivity contribution in [3.63, 3.8) is 0 Å². The number of aliphatic imine (C=N–C) groups is 1. The number of oxazole rings is 1. The second-order valence-electron chi connectivity index (χ2n) is 5.32. The molecule has 1 aromatic rings. The largest absolute Gasteiger partial charge is 0.444 e. The van der Waals surface area contributed by atoms with Gasteiger partial charge in [0.05, 0.1) is 11.3 Å². The van der Waals surface area contributed by atoms with E-state index in [2.05, 4.69) is 20.6 Å². The average molecular weight is 312 g/mol. The van der Waals surface area contributed by atoms with Crippen molar-refractivity contribution in [2.24, 2.45) is 4.99 Å². The van der Waals surface area contributed by atoms with Gasteiger partial charge in [-0.1, -0.05) is 0 Å². The molecule has 1 saturated heterocycles. The fourth-order valence-electron chi connectivity index (χ4n) is 2.08. The maximum absolute atomic E-state index is 10.3. The van der Waals surface area contributed by atoms with E-state index in [9.17, 15) is 5.11 Å². The summed E-state index contributed by atoms with van der Waals surface area (Å²) in [7, 11) is 0. The molecule has 7 heteroatoms. The SMILES string of the molecule is CCNC(=NCc1nc(C)c(C)o1)NCC1(O)CCSC1. The minimum atomic E-state index is -0.628. The number of nitrogens with one attached hydrogen (secondary N) is 2. The summed E-state index contributed by atoms with van der Waals surface area (Å²) in [6.45, 7) is 7.49. The van der Waals surface area contributed by atoms with Crippen LogP contribution in [-0.2, 0) is 6.54 Å². The predicted molar refractivity (Wildman–Crippen MR) is 85.7 cm³/mol. The van der Waals surface area contributed by atoms with Gasteiger partial charge in [0.1, 0.15) is 12.3 Å². The van der Waals surface area contributed by atoms with E-state index >= 15 is 0 Å². The quantitative estimate of drug-likeness (QED) is 0.560. The van der Waals surface area contributed by atoms with Crippen molar-refractivity contribution in [1.29, 1.82) is 0 Å². The van der Waals surface area contributed by atoms with Crippen molar-refractivity contribution in [2.45, 2.75) is 39.3 Å². The third kappa shape index (κ3) is 4.64. The highest BCUT2D eigenvalue weighted by atomic mass is 32.2. The molecule has 2 heterocycles. The molecule has 1 unspecified atom stereocenters. The van der Waals surface area contributed by atoms with Gasteiger partial charge in [-0.15, -0.1) is 0 Å². The van der Waals surface area contributed by atoms with Crippen LogP contribution in [0.1, 0.15) is 30.7 Å². The molecule has 1 aromatic heterocycles. The van der Waals surface area contributed by atoms with E-state index in [0.717, 1.165) is 35.9 Å². The molecule has 3 N–H and O–H groups in total. The van der Waals surface area contributed by atoms with Crippen LogP contribution < -0.4 is 10.6 Å². The first kappa shape index (κ1) is 16.2. The number of aryl methyl sites for hydroxylation is 2. The minimum Gasteiger partial charge on any atom is -0.444 e. The lowest BCUT2D eigenvalue weighted by Crippen LogP contribution is -2.47. The van der Waals surface area contributed by atoms with Gasteiger partial charge in [-0.25, -0.2) is 9.98 Å². The number of hydrogen-bond acceptors (Lipinski definition) is 5. The van der Waals surface area contributed by atoms with Crippen LogP contribution >= 0.6 is 11.8 Å². The molecule has 118 valence electrons. The third-order valence-corrected chi connectivity index (χ3v) is 4.69. The van der Waals surface area contributed by atoms with Gasteiger partial charge in [0.25, 0.3) is 0 Å². The average Bonchev–Trinajstić information content (AvgIpc) is 3.01. The number of rotatable bonds is 5. The van der Waals surface area contributed by atoms with E-state index in [4.69, 9.17) is 4.42 Å². The number of guanidine groups is 1. The second kappa shape index (κ2) is 7.17. The fourth-order valence-corrected chi connectivity index (χ4v) is 3.37. The van der Waals surface area contributed by atoms with Crippen molar-refractivity contribution in [2.75, 3.05) is 24.6 Å². The maximum Gasteiger partial charge on any atom is 0.216 e. The highest BCUT2D eigenvalue weighted by Gasteiger charge is 2.31. The van der Waals surface area contributed by atoms with Gasteiger partial charge >= 0.3 is 0 Å². The lowest BCUT2D eigenvalue weighted by molar-refractivity contribution is 0.0724. The van der Waals surface area contributed by atoms with E-state index in [1.54, 1.807) is 11.8 Å². The van der Waals surface area contributed by atoms with Gasteiger partial charge in [-0.2, -0.15) is 11.8 Å². The first-order valence-electron chi connectivity index (χ1n) is 7.27. The molecule has 0 radical (unpaired) electrons. The zero-order chi connectivity index (χ0) is 15.3. The Balaban J connectivity index is 1.92. The van der Waals surface area contributed by atoms with E-state index in [1.807, 2.05) is 20.8 Å². The molecular weight excluding hydrogens is 288 g/mol. The highest BCUT2D eigenvalue weighted by molar-refractivity contribution is 7.99. The molecule has 1 aliphatic heterocycles. The third-order valence-electron chi connectivity index (χ3n) is 3.46. The minimum absolute atomic E-state index is 0.386. The number of hydrogen-bond donors (Lipinski definition) is 3. The molecule has 6 nitrogen and oxygen atoms in total. The molecule has 0 amide bonds. The molecule has 1 atom stereocenters. The summed E-state index contributed by atoms with van der Waals surface area (Å²) < 4.78 is 5.51. The predicted octanol–water partition coefficient (Wildman–Crippen LogP) is 1.21. The van der Waals surface area contributed by atoms with E-state index in [-0.39, 0.29) is 0 Å². The Labute approximate surface area is 129 Å². The number of aliphatic hydroxyl groups is 1. The summed E-state index contributed by atoms with van der Waals surface area (Å²) >= 11 is 1.79. The van der Waals surface area contributed by atoms with Crippen molar-refractivity contribution in [1.82, 2.24) is 15.6 Å². The molecule has 1 aliphatic rings. The van der Waals surface area contributed by atoms with Gasteiger partial charge in [0, 0.05) is 18.8 Å². The van der Waals surface area contributed by atoms with E-state index in [0.29, 0.717) is 24.9 Å². The maximum atomic E-state index is 10.3. The molecule has 0 aliphatic carbocycles. The van der Waals surface area contributed by atoms with Crippen LogP contribution in [0.25, 0.3) is 0 Å². The number of thioether (sulfide) groups is 1. The summed E-state index contributed by atoms with van der Waals surface area (Å²) in [4.78, 5) is 8.76. The Morgan fingerprint density at radius 1 is 1.48 bits per heavy atom. The van der Waals surface area contributed by atoms with Crippen molar-refractivity contribution < 1.29 is 9.52 Å². The highest BCUT2D eigenvalue weighted by Crippen LogP contribution is 2.26. The van der Waals surface area contributed by atoms with Crippen LogP contribution in [0, 0.1) is 13.8 Å². The standard InChI is InChI=1S/C14H24N4O2S/c1-4-15-13(17-8-14(19)5-6-21-9-14)16-7-12-18-10(2)11(3)20-12/h19H,4-9H2,1-3H3,(H2,15,16,17). The molecule has 0 bridgehead atoms. The summed E-state index contributed by atoms with van der Waals surface area (Å²) in [5.74, 6) is 3.90. The van der Waals surface area contributed by atoms with Crippen LogP contribution in [0.3, 0.4) is 0 Å². The lowest BCUT2D eigenvalue weighted by atomic mass is 10.0. The normalized spacial score (nSPS) is 22.6. The van der Waals surface area contributed by atoms with E-state index in [1.165, 1.54) is 0 Å². The summed E-state index contributed by atoms with van der Waals surface area (Å²) in [6.07, 6.45) is 0.822. The monoisotopic (exact) mass is 312 g/mol. The molecular formula is C14H24N4O2S. The van der Waals surface area contributed by atoms with Crippen molar-refractivity contribution in [3.05, 3.63) is 17.3 Å². The molecule has 2 rings (SSSR count). The number of nitrogens with zero attached hydrogens (tertiary/aromatic N) is 2. The Morgan fingerprint density at radius 2 is 2.29 bits per heavy atom. The first-order chi connectivity index (χ1) is 10.0. The Hall–Kier alpha value is -1.21. The van der Waals surface area contributed by atoms with Gasteiger partial charge in [-0.3, -0.25) is 0 Å². The molecule has 0 aromatic carbocycles. The van der Waals surface area contributed by atoms with Crippen molar-refractivity contribution >= 4 is 17.7 Å². The topological polar surface area (TPSA) is 82.7 Å². The zero-order valence-electron chi connectivity index (χ0n) is 12.9. The van der Waals surface area contributed by atoms with Crippen LogP contribution in [-0.4, -0.2) is 46.2 Å². The van der Waals surface area contributed by atoms with Crippen LogP contribution in [0.4, 0.5) is 0 Å². The second-order valence-corrected chi connectivity index (χ2v) is 6.43. The Kier molecular flexibility index (Phi) is 5.52. The molecule has 0 saturated carbocycles. The zero-order valence-corrected chi connectivity index (χ0v) is 13.7. The van der Waals surface area contributed by atoms with Gasteiger partial charge in [0.2, 0.25) is 5.89 Å². The van der Waals surface area contributed by atoms with Gasteiger partial charge < -0.3 is 20.2 Å². The fraction of sp³-hybridized carbons (Fsp3) is 0.714. The van der Waals surface area contributed by atoms with Crippen LogP contribution in [0.2, 0.25) is 0 Å². The Bertz CT molecular complexity index is 476. The first-order valence-corrected chi connectivity index (χ1v) is 8.43. The summed E-state index contributed by atoms with van der Waals surface area (Å²) in [5.41, 5.74) is 0.271.